The molecule has 7 nitrogen and oxygen atoms in total. The van der Waals surface area contributed by atoms with E-state index in [0.717, 1.165) is 22.9 Å². The summed E-state index contributed by atoms with van der Waals surface area (Å²) in [6.07, 6.45) is 2.05. The zero-order valence-electron chi connectivity index (χ0n) is 14.3. The van der Waals surface area contributed by atoms with Gasteiger partial charge in [-0.1, -0.05) is 54.6 Å². The van der Waals surface area contributed by atoms with Crippen LogP contribution in [0.2, 0.25) is 0 Å². The Morgan fingerprint density at radius 3 is 2.81 bits per heavy atom. The Morgan fingerprint density at radius 1 is 1.31 bits per heavy atom. The van der Waals surface area contributed by atoms with Gasteiger partial charge in [0, 0.05) is 6.54 Å². The highest BCUT2D eigenvalue weighted by Gasteiger charge is 2.37. The van der Waals surface area contributed by atoms with Crippen LogP contribution >= 0.6 is 23.1 Å². The number of thioether (sulfide) groups is 1. The third kappa shape index (κ3) is 4.25. The molecule has 1 aliphatic rings. The molecule has 2 aromatic rings. The molecule has 1 aliphatic heterocycles. The van der Waals surface area contributed by atoms with Crippen LogP contribution < -0.4 is 5.32 Å². The Bertz CT molecular complexity index is 855. The number of nitrogens with one attached hydrogen (secondary N) is 1. The van der Waals surface area contributed by atoms with Crippen molar-refractivity contribution < 1.29 is 13.2 Å². The summed E-state index contributed by atoms with van der Waals surface area (Å²) in [6.45, 7) is 2.35. The van der Waals surface area contributed by atoms with Crippen LogP contribution in [-0.4, -0.2) is 47.2 Å². The maximum absolute atomic E-state index is 13.0. The van der Waals surface area contributed by atoms with E-state index in [9.17, 15) is 13.2 Å². The number of carbonyl (C=O) groups excluding carboxylic acids is 1. The first kappa shape index (κ1) is 19.3. The summed E-state index contributed by atoms with van der Waals surface area (Å²) >= 11 is 2.84. The van der Waals surface area contributed by atoms with Gasteiger partial charge in [0.15, 0.2) is 4.34 Å². The molecular weight excluding hydrogens is 392 g/mol. The summed E-state index contributed by atoms with van der Waals surface area (Å²) < 4.78 is 28.0. The Kier molecular flexibility index (Phi) is 6.28. The number of carbonyl (C=O) groups is 1. The van der Waals surface area contributed by atoms with E-state index in [2.05, 4.69) is 15.5 Å². The molecule has 1 aromatic carbocycles. The number of aromatic nitrogens is 2. The van der Waals surface area contributed by atoms with Crippen LogP contribution in [0.25, 0.3) is 0 Å². The van der Waals surface area contributed by atoms with E-state index in [0.29, 0.717) is 18.1 Å². The third-order valence-electron chi connectivity index (χ3n) is 4.01. The second-order valence-corrected chi connectivity index (χ2v) is 10.1. The van der Waals surface area contributed by atoms with E-state index in [1.807, 2.05) is 6.92 Å². The summed E-state index contributed by atoms with van der Waals surface area (Å²) in [5.74, 6) is 0.516. The summed E-state index contributed by atoms with van der Waals surface area (Å²) in [5.41, 5.74) is 0. The van der Waals surface area contributed by atoms with Crippen molar-refractivity contribution >= 4 is 44.2 Å². The zero-order valence-corrected chi connectivity index (χ0v) is 16.7. The smallest absolute Gasteiger partial charge is 0.244 e. The number of rotatable bonds is 6. The van der Waals surface area contributed by atoms with Crippen LogP contribution in [-0.2, 0) is 14.8 Å². The lowest BCUT2D eigenvalue weighted by Crippen LogP contribution is -2.49. The minimum absolute atomic E-state index is 0.206. The molecule has 0 saturated carbocycles. The molecule has 0 radical (unpaired) electrons. The molecule has 3 rings (SSSR count). The minimum Gasteiger partial charge on any atom is -0.299 e. The Balaban J connectivity index is 1.78. The SMILES string of the molecule is CCSc1nnc(NC(=O)[C@H]2CCCCN2S(=O)(=O)c2ccccc2)s1. The molecule has 0 bridgehead atoms. The molecule has 1 fully saturated rings. The van der Waals surface area contributed by atoms with Gasteiger partial charge in [0.1, 0.15) is 6.04 Å². The minimum atomic E-state index is -3.72. The number of nitrogens with zero attached hydrogens (tertiary/aromatic N) is 3. The molecule has 10 heteroatoms. The number of sulfonamides is 1. The van der Waals surface area contributed by atoms with Gasteiger partial charge in [-0.15, -0.1) is 10.2 Å². The highest BCUT2D eigenvalue weighted by molar-refractivity contribution is 8.01. The van der Waals surface area contributed by atoms with Gasteiger partial charge in [0.05, 0.1) is 4.90 Å². The number of hydrogen-bond donors (Lipinski definition) is 1. The molecular formula is C16H20N4O3S3. The van der Waals surface area contributed by atoms with Gasteiger partial charge in [-0.2, -0.15) is 4.31 Å². The fraction of sp³-hybridized carbons (Fsp3) is 0.438. The molecule has 2 heterocycles. The summed E-state index contributed by atoms with van der Waals surface area (Å²) in [6, 6.07) is 7.50. The van der Waals surface area contributed by atoms with Gasteiger partial charge in [-0.25, -0.2) is 8.42 Å². The lowest BCUT2D eigenvalue weighted by molar-refractivity contribution is -0.120. The zero-order chi connectivity index (χ0) is 18.6. The number of benzene rings is 1. The van der Waals surface area contributed by atoms with Crippen molar-refractivity contribution in [2.45, 2.75) is 41.5 Å². The predicted octanol–water partition coefficient (Wildman–Crippen LogP) is 2.83. The molecule has 1 N–H and O–H groups in total. The molecule has 1 saturated heterocycles. The first-order chi connectivity index (χ1) is 12.5. The van der Waals surface area contributed by atoms with Crippen LogP contribution in [0.5, 0.6) is 0 Å². The fourth-order valence-corrected chi connectivity index (χ4v) is 6.14. The number of hydrogen-bond acceptors (Lipinski definition) is 7. The van der Waals surface area contributed by atoms with Crippen molar-refractivity contribution in [3.8, 4) is 0 Å². The summed E-state index contributed by atoms with van der Waals surface area (Å²) in [7, 11) is -3.72. The maximum atomic E-state index is 13.0. The summed E-state index contributed by atoms with van der Waals surface area (Å²) in [4.78, 5) is 12.9. The highest BCUT2D eigenvalue weighted by Crippen LogP contribution is 2.28. The fourth-order valence-electron chi connectivity index (χ4n) is 2.81. The Labute approximate surface area is 161 Å². The summed E-state index contributed by atoms with van der Waals surface area (Å²) in [5, 5.41) is 11.1. The van der Waals surface area contributed by atoms with E-state index in [1.165, 1.54) is 15.6 Å². The first-order valence-electron chi connectivity index (χ1n) is 8.36. The van der Waals surface area contributed by atoms with Gasteiger partial charge >= 0.3 is 0 Å². The predicted molar refractivity (Wildman–Crippen MR) is 103 cm³/mol. The molecule has 140 valence electrons. The third-order valence-corrected chi connectivity index (χ3v) is 7.79. The highest BCUT2D eigenvalue weighted by atomic mass is 32.2. The molecule has 26 heavy (non-hydrogen) atoms. The van der Waals surface area contributed by atoms with Gasteiger partial charge in [-0.3, -0.25) is 10.1 Å². The number of amides is 1. The van der Waals surface area contributed by atoms with Crippen molar-refractivity contribution in [1.82, 2.24) is 14.5 Å². The van der Waals surface area contributed by atoms with Crippen LogP contribution in [0.1, 0.15) is 26.2 Å². The quantitative estimate of drug-likeness (QED) is 0.579. The maximum Gasteiger partial charge on any atom is 0.244 e. The van der Waals surface area contributed by atoms with Crippen molar-refractivity contribution in [1.29, 1.82) is 0 Å². The van der Waals surface area contributed by atoms with Crippen LogP contribution in [0, 0.1) is 0 Å². The first-order valence-corrected chi connectivity index (χ1v) is 11.6. The topological polar surface area (TPSA) is 92.3 Å². The normalized spacial score (nSPS) is 18.6. The second-order valence-electron chi connectivity index (χ2n) is 5.74. The lowest BCUT2D eigenvalue weighted by Gasteiger charge is -2.33. The lowest BCUT2D eigenvalue weighted by atomic mass is 10.0. The van der Waals surface area contributed by atoms with E-state index in [-0.39, 0.29) is 10.8 Å². The molecule has 1 aromatic heterocycles. The largest absolute Gasteiger partial charge is 0.299 e. The molecule has 0 spiro atoms. The average Bonchev–Trinajstić information content (AvgIpc) is 3.09. The van der Waals surface area contributed by atoms with E-state index < -0.39 is 16.1 Å². The van der Waals surface area contributed by atoms with Crippen molar-refractivity contribution in [2.75, 3.05) is 17.6 Å². The van der Waals surface area contributed by atoms with Gasteiger partial charge in [0.25, 0.3) is 0 Å². The van der Waals surface area contributed by atoms with E-state index >= 15 is 0 Å². The number of anilines is 1. The average molecular weight is 413 g/mol. The van der Waals surface area contributed by atoms with Crippen LogP contribution in [0.4, 0.5) is 5.13 Å². The molecule has 0 aliphatic carbocycles. The van der Waals surface area contributed by atoms with Gasteiger partial charge < -0.3 is 0 Å². The van der Waals surface area contributed by atoms with Crippen molar-refractivity contribution in [3.63, 3.8) is 0 Å². The van der Waals surface area contributed by atoms with Crippen molar-refractivity contribution in [3.05, 3.63) is 30.3 Å². The molecule has 1 amide bonds. The Hall–Kier alpha value is -1.49. The molecule has 1 atom stereocenters. The van der Waals surface area contributed by atoms with E-state index in [4.69, 9.17) is 0 Å². The monoisotopic (exact) mass is 412 g/mol. The second kappa shape index (κ2) is 8.47. The molecule has 0 unspecified atom stereocenters. The number of piperidine rings is 1. The van der Waals surface area contributed by atoms with Crippen LogP contribution in [0.15, 0.2) is 39.6 Å². The van der Waals surface area contributed by atoms with Crippen molar-refractivity contribution in [2.24, 2.45) is 0 Å². The van der Waals surface area contributed by atoms with Gasteiger partial charge in [0.2, 0.25) is 21.1 Å². The Morgan fingerprint density at radius 2 is 2.08 bits per heavy atom. The standard InChI is InChI=1S/C16H20N4O3S3/c1-2-24-16-19-18-15(25-16)17-14(21)13-10-6-7-11-20(13)26(22,23)12-8-4-3-5-9-12/h3-5,8-9,13H,2,6-7,10-11H2,1H3,(H,17,18,21)/t13-/m1/s1. The van der Waals surface area contributed by atoms with Gasteiger partial charge in [-0.05, 0) is 30.7 Å². The van der Waals surface area contributed by atoms with E-state index in [1.54, 1.807) is 42.1 Å². The van der Waals surface area contributed by atoms with Crippen LogP contribution in [0.3, 0.4) is 0 Å².